The second-order valence-corrected chi connectivity index (χ2v) is 5.72. The molecular formula is C12H14BrClN4. The van der Waals surface area contributed by atoms with Gasteiger partial charge >= 0.3 is 0 Å². The van der Waals surface area contributed by atoms with E-state index in [0.29, 0.717) is 16.9 Å². The van der Waals surface area contributed by atoms with Crippen LogP contribution in [0.3, 0.4) is 0 Å². The summed E-state index contributed by atoms with van der Waals surface area (Å²) in [6.07, 6.45) is 2.71. The summed E-state index contributed by atoms with van der Waals surface area (Å²) >= 11 is 9.56. The molecule has 2 aromatic heterocycles. The molecule has 4 nitrogen and oxygen atoms in total. The van der Waals surface area contributed by atoms with Gasteiger partial charge in [0.2, 0.25) is 0 Å². The van der Waals surface area contributed by atoms with Crippen molar-refractivity contribution in [1.82, 2.24) is 19.7 Å². The molecule has 96 valence electrons. The van der Waals surface area contributed by atoms with E-state index < -0.39 is 0 Å². The van der Waals surface area contributed by atoms with Crippen LogP contribution in [0, 0.1) is 5.92 Å². The maximum absolute atomic E-state index is 6.13. The third-order valence-electron chi connectivity index (χ3n) is 2.42. The summed E-state index contributed by atoms with van der Waals surface area (Å²) in [6, 6.07) is 1.87. The zero-order valence-electron chi connectivity index (χ0n) is 10.5. The lowest BCUT2D eigenvalue weighted by atomic mass is 10.1. The highest BCUT2D eigenvalue weighted by atomic mass is 79.9. The van der Waals surface area contributed by atoms with Crippen molar-refractivity contribution in [3.63, 3.8) is 0 Å². The van der Waals surface area contributed by atoms with Crippen molar-refractivity contribution in [3.8, 4) is 11.5 Å². The van der Waals surface area contributed by atoms with Gasteiger partial charge in [0.05, 0.1) is 10.2 Å². The predicted octanol–water partition coefficient (Wildman–Crippen LogP) is 3.49. The molecule has 6 heteroatoms. The number of hydrogen-bond acceptors (Lipinski definition) is 3. The van der Waals surface area contributed by atoms with Crippen LogP contribution >= 0.6 is 27.5 Å². The van der Waals surface area contributed by atoms with E-state index in [1.807, 2.05) is 19.3 Å². The van der Waals surface area contributed by atoms with Crippen LogP contribution in [0.15, 0.2) is 16.7 Å². The highest BCUT2D eigenvalue weighted by molar-refractivity contribution is 9.10. The van der Waals surface area contributed by atoms with Crippen molar-refractivity contribution >= 4 is 27.5 Å². The second kappa shape index (κ2) is 5.36. The molecule has 0 aliphatic carbocycles. The number of nitrogens with zero attached hydrogens (tertiary/aromatic N) is 4. The fourth-order valence-corrected chi connectivity index (χ4v) is 2.16. The lowest BCUT2D eigenvalue weighted by molar-refractivity contribution is 0.632. The van der Waals surface area contributed by atoms with Crippen LogP contribution < -0.4 is 0 Å². The van der Waals surface area contributed by atoms with Gasteiger partial charge in [-0.05, 0) is 34.3 Å². The molecule has 0 unspecified atom stereocenters. The Bertz CT molecular complexity index is 565. The Balaban J connectivity index is 2.46. The van der Waals surface area contributed by atoms with E-state index in [9.17, 15) is 0 Å². The molecule has 0 saturated carbocycles. The Labute approximate surface area is 120 Å². The minimum atomic E-state index is 0.432. The first-order valence-corrected chi connectivity index (χ1v) is 6.86. The minimum absolute atomic E-state index is 0.432. The average Bonchev–Trinajstić information content (AvgIpc) is 2.70. The Hall–Kier alpha value is -0.940. The van der Waals surface area contributed by atoms with Gasteiger partial charge in [-0.3, -0.25) is 4.68 Å². The van der Waals surface area contributed by atoms with E-state index in [-0.39, 0.29) is 0 Å². The second-order valence-electron chi connectivity index (χ2n) is 4.57. The predicted molar refractivity (Wildman–Crippen MR) is 75.5 cm³/mol. The first-order valence-electron chi connectivity index (χ1n) is 5.69. The molecule has 0 saturated heterocycles. The van der Waals surface area contributed by atoms with Gasteiger partial charge in [0.25, 0.3) is 0 Å². The fourth-order valence-electron chi connectivity index (χ4n) is 1.63. The van der Waals surface area contributed by atoms with Crippen molar-refractivity contribution in [2.24, 2.45) is 13.0 Å². The van der Waals surface area contributed by atoms with E-state index in [1.165, 1.54) is 0 Å². The van der Waals surface area contributed by atoms with Gasteiger partial charge in [-0.25, -0.2) is 9.97 Å². The summed E-state index contributed by atoms with van der Waals surface area (Å²) in [5.74, 6) is 1.07. The number of halogens is 2. The SMILES string of the molecule is CC(C)Cc1nc(-c2ccn(C)n2)nc(Cl)c1Br. The maximum atomic E-state index is 6.13. The number of aryl methyl sites for hydroxylation is 1. The molecule has 0 radical (unpaired) electrons. The van der Waals surface area contributed by atoms with Crippen molar-refractivity contribution in [2.45, 2.75) is 20.3 Å². The molecule has 0 aliphatic heterocycles. The normalized spacial score (nSPS) is 11.2. The van der Waals surface area contributed by atoms with Crippen LogP contribution in [0.2, 0.25) is 5.15 Å². The molecule has 2 rings (SSSR count). The zero-order valence-corrected chi connectivity index (χ0v) is 12.8. The van der Waals surface area contributed by atoms with E-state index in [2.05, 4.69) is 44.8 Å². The summed E-state index contributed by atoms with van der Waals surface area (Å²) in [5, 5.41) is 4.72. The Morgan fingerprint density at radius 1 is 1.39 bits per heavy atom. The molecular weight excluding hydrogens is 316 g/mol. The van der Waals surface area contributed by atoms with Gasteiger partial charge in [0, 0.05) is 13.2 Å². The number of hydrogen-bond donors (Lipinski definition) is 0. The van der Waals surface area contributed by atoms with Crippen LogP contribution in [0.4, 0.5) is 0 Å². The molecule has 0 amide bonds. The third-order valence-corrected chi connectivity index (χ3v) is 3.76. The van der Waals surface area contributed by atoms with Crippen LogP contribution in [0.5, 0.6) is 0 Å². The quantitative estimate of drug-likeness (QED) is 0.810. The molecule has 2 heterocycles. The van der Waals surface area contributed by atoms with Gasteiger partial charge < -0.3 is 0 Å². The Morgan fingerprint density at radius 2 is 2.11 bits per heavy atom. The lowest BCUT2D eigenvalue weighted by Crippen LogP contribution is -2.03. The van der Waals surface area contributed by atoms with E-state index in [0.717, 1.165) is 22.3 Å². The first-order chi connectivity index (χ1) is 8.47. The summed E-state index contributed by atoms with van der Waals surface area (Å²) in [7, 11) is 1.86. The van der Waals surface area contributed by atoms with Crippen LogP contribution in [0.1, 0.15) is 19.5 Å². The van der Waals surface area contributed by atoms with Gasteiger partial charge in [0.1, 0.15) is 10.8 Å². The van der Waals surface area contributed by atoms with Crippen LogP contribution in [0.25, 0.3) is 11.5 Å². The topological polar surface area (TPSA) is 43.6 Å². The summed E-state index contributed by atoms with van der Waals surface area (Å²) in [5.41, 5.74) is 1.66. The van der Waals surface area contributed by atoms with E-state index in [1.54, 1.807) is 4.68 Å². The fraction of sp³-hybridized carbons (Fsp3) is 0.417. The molecule has 0 N–H and O–H groups in total. The largest absolute Gasteiger partial charge is 0.275 e. The van der Waals surface area contributed by atoms with E-state index in [4.69, 9.17) is 11.6 Å². The average molecular weight is 330 g/mol. The lowest BCUT2D eigenvalue weighted by Gasteiger charge is -2.09. The van der Waals surface area contributed by atoms with Crippen molar-refractivity contribution in [2.75, 3.05) is 0 Å². The van der Waals surface area contributed by atoms with Crippen LogP contribution in [-0.2, 0) is 13.5 Å². The summed E-state index contributed by atoms with van der Waals surface area (Å²) in [6.45, 7) is 4.28. The molecule has 0 fully saturated rings. The highest BCUT2D eigenvalue weighted by Crippen LogP contribution is 2.27. The van der Waals surface area contributed by atoms with Crippen molar-refractivity contribution in [1.29, 1.82) is 0 Å². The minimum Gasteiger partial charge on any atom is -0.275 e. The molecule has 0 spiro atoms. The highest BCUT2D eigenvalue weighted by Gasteiger charge is 2.14. The van der Waals surface area contributed by atoms with Crippen molar-refractivity contribution in [3.05, 3.63) is 27.6 Å². The van der Waals surface area contributed by atoms with Gasteiger partial charge in [-0.1, -0.05) is 25.4 Å². The molecule has 0 aromatic carbocycles. The monoisotopic (exact) mass is 328 g/mol. The van der Waals surface area contributed by atoms with Crippen LogP contribution in [-0.4, -0.2) is 19.7 Å². The molecule has 0 bridgehead atoms. The Kier molecular flexibility index (Phi) is 4.02. The van der Waals surface area contributed by atoms with Gasteiger partial charge in [-0.2, -0.15) is 5.10 Å². The molecule has 18 heavy (non-hydrogen) atoms. The van der Waals surface area contributed by atoms with Gasteiger partial charge in [-0.15, -0.1) is 0 Å². The first kappa shape index (κ1) is 13.5. The summed E-state index contributed by atoms with van der Waals surface area (Å²) in [4.78, 5) is 8.79. The molecule has 0 aliphatic rings. The standard InChI is InChI=1S/C12H14BrClN4/c1-7(2)6-9-10(13)11(14)16-12(15-9)8-4-5-18(3)17-8/h4-5,7H,6H2,1-3H3. The maximum Gasteiger partial charge on any atom is 0.181 e. The van der Waals surface area contributed by atoms with E-state index >= 15 is 0 Å². The number of rotatable bonds is 3. The molecule has 2 aromatic rings. The summed E-state index contributed by atoms with van der Waals surface area (Å²) < 4.78 is 2.49. The zero-order chi connectivity index (χ0) is 13.3. The van der Waals surface area contributed by atoms with Gasteiger partial charge in [0.15, 0.2) is 5.82 Å². The third kappa shape index (κ3) is 2.90. The molecule has 0 atom stereocenters. The smallest absolute Gasteiger partial charge is 0.181 e. The number of aromatic nitrogens is 4. The Morgan fingerprint density at radius 3 is 2.67 bits per heavy atom. The van der Waals surface area contributed by atoms with Crippen molar-refractivity contribution < 1.29 is 0 Å².